The van der Waals surface area contributed by atoms with Crippen molar-refractivity contribution < 1.29 is 0 Å². The Bertz CT molecular complexity index is 147. The van der Waals surface area contributed by atoms with E-state index in [1.54, 1.807) is 11.8 Å². The molecule has 0 heterocycles. The average Bonchev–Trinajstić information content (AvgIpc) is 1.86. The molecule has 1 aliphatic carbocycles. The fraction of sp³-hybridized carbons (Fsp3) is 0.857. The van der Waals surface area contributed by atoms with Crippen LogP contribution in [0.2, 0.25) is 0 Å². The summed E-state index contributed by atoms with van der Waals surface area (Å²) in [5.74, 6) is 1.87. The van der Waals surface area contributed by atoms with Crippen LogP contribution in [-0.4, -0.2) is 23.2 Å². The number of nitrogens with one attached hydrogen (secondary N) is 1. The lowest BCUT2D eigenvalue weighted by Crippen LogP contribution is -2.43. The summed E-state index contributed by atoms with van der Waals surface area (Å²) in [4.78, 5) is 0. The van der Waals surface area contributed by atoms with Gasteiger partial charge in [-0.3, -0.25) is 0 Å². The van der Waals surface area contributed by atoms with Crippen LogP contribution < -0.4 is 11.1 Å². The molecule has 0 aromatic rings. The van der Waals surface area contributed by atoms with Crippen molar-refractivity contribution in [3.63, 3.8) is 0 Å². The number of thioether (sulfide) groups is 1. The molecular formula is C7H14N2S2. The van der Waals surface area contributed by atoms with Gasteiger partial charge in [-0.1, -0.05) is 24.0 Å². The van der Waals surface area contributed by atoms with Gasteiger partial charge in [-0.15, -0.1) is 0 Å². The molecule has 2 unspecified atom stereocenters. The normalized spacial score (nSPS) is 29.5. The van der Waals surface area contributed by atoms with Crippen molar-refractivity contribution in [3.05, 3.63) is 0 Å². The van der Waals surface area contributed by atoms with Gasteiger partial charge in [0.1, 0.15) is 4.32 Å². The molecule has 4 heteroatoms. The monoisotopic (exact) mass is 190 g/mol. The Morgan fingerprint density at radius 2 is 2.45 bits per heavy atom. The molecule has 0 saturated heterocycles. The molecule has 0 aromatic heterocycles. The molecule has 3 N–H and O–H groups in total. The van der Waals surface area contributed by atoms with E-state index in [4.69, 9.17) is 18.0 Å². The first kappa shape index (κ1) is 9.29. The van der Waals surface area contributed by atoms with Crippen molar-refractivity contribution >= 4 is 28.3 Å². The van der Waals surface area contributed by atoms with E-state index in [0.717, 1.165) is 11.7 Å². The Morgan fingerprint density at radius 1 is 1.73 bits per heavy atom. The van der Waals surface area contributed by atoms with E-state index in [1.165, 1.54) is 12.8 Å². The number of hydrogen-bond acceptors (Lipinski definition) is 3. The van der Waals surface area contributed by atoms with E-state index in [0.29, 0.717) is 10.4 Å². The van der Waals surface area contributed by atoms with E-state index in [2.05, 4.69) is 5.32 Å². The maximum Gasteiger partial charge on any atom is 0.131 e. The highest BCUT2D eigenvalue weighted by atomic mass is 32.2. The van der Waals surface area contributed by atoms with Crippen molar-refractivity contribution in [2.45, 2.75) is 18.9 Å². The summed E-state index contributed by atoms with van der Waals surface area (Å²) >= 11 is 6.38. The lowest BCUT2D eigenvalue weighted by molar-refractivity contribution is 0.248. The quantitative estimate of drug-likeness (QED) is 0.650. The van der Waals surface area contributed by atoms with Gasteiger partial charge in [0.2, 0.25) is 0 Å². The van der Waals surface area contributed by atoms with Crippen LogP contribution in [0.15, 0.2) is 0 Å². The molecule has 0 amide bonds. The first-order chi connectivity index (χ1) is 5.24. The zero-order valence-electron chi connectivity index (χ0n) is 6.67. The Balaban J connectivity index is 2.12. The van der Waals surface area contributed by atoms with E-state index in [9.17, 15) is 0 Å². The van der Waals surface area contributed by atoms with Crippen molar-refractivity contribution in [2.24, 2.45) is 11.7 Å². The van der Waals surface area contributed by atoms with Gasteiger partial charge < -0.3 is 11.1 Å². The summed E-state index contributed by atoms with van der Waals surface area (Å²) in [7, 11) is 2.02. The number of nitrogens with two attached hydrogens (primary N) is 1. The van der Waals surface area contributed by atoms with E-state index < -0.39 is 0 Å². The van der Waals surface area contributed by atoms with Crippen LogP contribution >= 0.6 is 24.0 Å². The predicted octanol–water partition coefficient (Wildman–Crippen LogP) is 0.961. The maximum absolute atomic E-state index is 5.38. The Morgan fingerprint density at radius 3 is 2.82 bits per heavy atom. The van der Waals surface area contributed by atoms with Gasteiger partial charge in [0.15, 0.2) is 0 Å². The van der Waals surface area contributed by atoms with Crippen LogP contribution in [-0.2, 0) is 0 Å². The molecule has 0 bridgehead atoms. The van der Waals surface area contributed by atoms with Crippen LogP contribution in [0.3, 0.4) is 0 Å². The molecule has 1 aliphatic rings. The molecule has 1 fully saturated rings. The first-order valence-electron chi connectivity index (χ1n) is 3.83. The van der Waals surface area contributed by atoms with E-state index in [-0.39, 0.29) is 0 Å². The van der Waals surface area contributed by atoms with Crippen molar-refractivity contribution in [1.82, 2.24) is 5.32 Å². The third-order valence-electron chi connectivity index (χ3n) is 2.23. The largest absolute Gasteiger partial charge is 0.385 e. The molecular weight excluding hydrogens is 176 g/mol. The zero-order valence-corrected chi connectivity index (χ0v) is 8.30. The molecule has 0 aromatic carbocycles. The molecule has 1 rings (SSSR count). The lowest BCUT2D eigenvalue weighted by Gasteiger charge is -2.36. The second kappa shape index (κ2) is 4.28. The van der Waals surface area contributed by atoms with Crippen LogP contribution in [0.4, 0.5) is 0 Å². The van der Waals surface area contributed by atoms with Gasteiger partial charge in [0, 0.05) is 11.8 Å². The summed E-state index contributed by atoms with van der Waals surface area (Å²) in [6.07, 6.45) is 2.63. The zero-order chi connectivity index (χ0) is 8.27. The first-order valence-corrected chi connectivity index (χ1v) is 5.23. The number of rotatable bonds is 3. The van der Waals surface area contributed by atoms with Crippen molar-refractivity contribution in [1.29, 1.82) is 0 Å². The van der Waals surface area contributed by atoms with Crippen LogP contribution in [0, 0.1) is 5.92 Å². The van der Waals surface area contributed by atoms with E-state index >= 15 is 0 Å². The average molecular weight is 190 g/mol. The molecule has 11 heavy (non-hydrogen) atoms. The Labute approximate surface area is 77.3 Å². The highest BCUT2D eigenvalue weighted by molar-refractivity contribution is 8.22. The molecule has 0 radical (unpaired) electrons. The molecule has 2 atom stereocenters. The van der Waals surface area contributed by atoms with Crippen LogP contribution in [0.5, 0.6) is 0 Å². The Kier molecular flexibility index (Phi) is 3.62. The minimum absolute atomic E-state index is 0.576. The highest BCUT2D eigenvalue weighted by Crippen LogP contribution is 2.30. The standard InChI is InChI=1S/C7H14N2S2/c1-9-6-3-2-5(6)4-11-7(8)10/h5-6,9H,2-4H2,1H3,(H2,8,10). The van der Waals surface area contributed by atoms with Crippen LogP contribution in [0.1, 0.15) is 12.8 Å². The van der Waals surface area contributed by atoms with Crippen molar-refractivity contribution in [3.8, 4) is 0 Å². The second-order valence-corrected chi connectivity index (χ2v) is 4.62. The molecule has 64 valence electrons. The van der Waals surface area contributed by atoms with Crippen LogP contribution in [0.25, 0.3) is 0 Å². The molecule has 0 spiro atoms. The Hall–Kier alpha value is 0.200. The number of hydrogen-bond donors (Lipinski definition) is 2. The highest BCUT2D eigenvalue weighted by Gasteiger charge is 2.28. The topological polar surface area (TPSA) is 38.0 Å². The summed E-state index contributed by atoms with van der Waals surface area (Å²) in [6, 6.07) is 0.705. The molecule has 0 aliphatic heterocycles. The van der Waals surface area contributed by atoms with Gasteiger partial charge in [0.25, 0.3) is 0 Å². The molecule has 2 nitrogen and oxygen atoms in total. The third-order valence-corrected chi connectivity index (χ3v) is 3.46. The minimum Gasteiger partial charge on any atom is -0.385 e. The van der Waals surface area contributed by atoms with Crippen molar-refractivity contribution in [2.75, 3.05) is 12.8 Å². The summed E-state index contributed by atoms with van der Waals surface area (Å²) in [5, 5.41) is 3.28. The van der Waals surface area contributed by atoms with Gasteiger partial charge >= 0.3 is 0 Å². The second-order valence-electron chi connectivity index (χ2n) is 2.86. The molecule has 1 saturated carbocycles. The number of thiocarbonyl (C=S) groups is 1. The van der Waals surface area contributed by atoms with E-state index in [1.807, 2.05) is 7.05 Å². The maximum atomic E-state index is 5.38. The lowest BCUT2D eigenvalue weighted by atomic mass is 9.81. The summed E-state index contributed by atoms with van der Waals surface area (Å²) < 4.78 is 0.576. The SMILES string of the molecule is CNC1CCC1CSC(N)=S. The summed E-state index contributed by atoms with van der Waals surface area (Å²) in [5.41, 5.74) is 5.38. The van der Waals surface area contributed by atoms with Gasteiger partial charge in [0.05, 0.1) is 0 Å². The fourth-order valence-electron chi connectivity index (χ4n) is 1.34. The smallest absolute Gasteiger partial charge is 0.131 e. The van der Waals surface area contributed by atoms with Gasteiger partial charge in [-0.25, -0.2) is 0 Å². The fourth-order valence-corrected chi connectivity index (χ4v) is 2.32. The van der Waals surface area contributed by atoms with Gasteiger partial charge in [-0.05, 0) is 25.8 Å². The van der Waals surface area contributed by atoms with Gasteiger partial charge in [-0.2, -0.15) is 0 Å². The third kappa shape index (κ3) is 2.61. The summed E-state index contributed by atoms with van der Waals surface area (Å²) in [6.45, 7) is 0. The predicted molar refractivity (Wildman–Crippen MR) is 54.8 cm³/mol. The minimum atomic E-state index is 0.576.